The van der Waals surface area contributed by atoms with Crippen molar-refractivity contribution in [1.82, 2.24) is 14.8 Å². The molecule has 0 fully saturated rings. The number of aromatic nitrogens is 3. The lowest BCUT2D eigenvalue weighted by atomic mass is 10.2. The highest BCUT2D eigenvalue weighted by Crippen LogP contribution is 2.22. The highest BCUT2D eigenvalue weighted by atomic mass is 35.5. The molecule has 0 aliphatic carbocycles. The molecule has 0 spiro atoms. The van der Waals surface area contributed by atoms with Crippen LogP contribution in [-0.2, 0) is 6.54 Å². The van der Waals surface area contributed by atoms with E-state index in [1.54, 1.807) is 17.1 Å². The summed E-state index contributed by atoms with van der Waals surface area (Å²) in [7, 11) is 0. The summed E-state index contributed by atoms with van der Waals surface area (Å²) < 4.78 is 1.72. The first kappa shape index (κ1) is 9.49. The number of halogens is 2. The molecule has 5 heteroatoms. The van der Waals surface area contributed by atoms with Crippen LogP contribution < -0.4 is 0 Å². The molecule has 0 atom stereocenters. The first-order valence-corrected chi connectivity index (χ1v) is 4.77. The van der Waals surface area contributed by atoms with Gasteiger partial charge in [0.2, 0.25) is 0 Å². The highest BCUT2D eigenvalue weighted by molar-refractivity contribution is 6.42. The Morgan fingerprint density at radius 1 is 1.21 bits per heavy atom. The Balaban J connectivity index is 2.22. The maximum absolute atomic E-state index is 5.88. The second-order valence-electron chi connectivity index (χ2n) is 2.84. The molecule has 0 saturated heterocycles. The van der Waals surface area contributed by atoms with Crippen LogP contribution in [0.2, 0.25) is 10.0 Å². The largest absolute Gasteiger partial charge is 0.249 e. The summed E-state index contributed by atoms with van der Waals surface area (Å²) in [6, 6.07) is 5.51. The average Bonchev–Trinajstić information content (AvgIpc) is 2.64. The second-order valence-corrected chi connectivity index (χ2v) is 3.66. The van der Waals surface area contributed by atoms with Gasteiger partial charge in [0.1, 0.15) is 12.7 Å². The Kier molecular flexibility index (Phi) is 2.70. The lowest BCUT2D eigenvalue weighted by Gasteiger charge is -2.02. The van der Waals surface area contributed by atoms with Gasteiger partial charge in [0, 0.05) is 0 Å². The normalized spacial score (nSPS) is 10.4. The minimum atomic E-state index is 0.560. The molecule has 1 aromatic carbocycles. The Morgan fingerprint density at radius 2 is 2.07 bits per heavy atom. The predicted molar refractivity (Wildman–Crippen MR) is 55.6 cm³/mol. The van der Waals surface area contributed by atoms with E-state index < -0.39 is 0 Å². The molecule has 14 heavy (non-hydrogen) atoms. The highest BCUT2D eigenvalue weighted by Gasteiger charge is 2.00. The van der Waals surface area contributed by atoms with Crippen LogP contribution >= 0.6 is 23.2 Å². The third-order valence-electron chi connectivity index (χ3n) is 1.80. The van der Waals surface area contributed by atoms with E-state index in [9.17, 15) is 0 Å². The van der Waals surface area contributed by atoms with Crippen LogP contribution in [0, 0.1) is 0 Å². The first-order chi connectivity index (χ1) is 6.75. The van der Waals surface area contributed by atoms with Crippen molar-refractivity contribution in [1.29, 1.82) is 0 Å². The van der Waals surface area contributed by atoms with Gasteiger partial charge in [-0.25, -0.2) is 9.67 Å². The molecule has 0 N–H and O–H groups in total. The van der Waals surface area contributed by atoms with E-state index in [0.29, 0.717) is 16.6 Å². The van der Waals surface area contributed by atoms with Gasteiger partial charge in [0.05, 0.1) is 16.6 Å². The third kappa shape index (κ3) is 2.05. The van der Waals surface area contributed by atoms with Crippen molar-refractivity contribution in [2.45, 2.75) is 6.54 Å². The first-order valence-electron chi connectivity index (χ1n) is 4.02. The van der Waals surface area contributed by atoms with Crippen LogP contribution in [0.5, 0.6) is 0 Å². The average molecular weight is 228 g/mol. The van der Waals surface area contributed by atoms with E-state index in [0.717, 1.165) is 5.56 Å². The van der Waals surface area contributed by atoms with Crippen LogP contribution in [0.1, 0.15) is 5.56 Å². The summed E-state index contributed by atoms with van der Waals surface area (Å²) in [6.45, 7) is 0.650. The number of nitrogens with zero attached hydrogens (tertiary/aromatic N) is 3. The minimum absolute atomic E-state index is 0.560. The molecule has 0 unspecified atom stereocenters. The fraction of sp³-hybridized carbons (Fsp3) is 0.111. The molecular weight excluding hydrogens is 221 g/mol. The Morgan fingerprint density at radius 3 is 2.71 bits per heavy atom. The van der Waals surface area contributed by atoms with Crippen molar-refractivity contribution in [3.05, 3.63) is 46.5 Å². The Labute approximate surface area is 91.3 Å². The van der Waals surface area contributed by atoms with Crippen LogP contribution in [0.3, 0.4) is 0 Å². The fourth-order valence-corrected chi connectivity index (χ4v) is 1.46. The fourth-order valence-electron chi connectivity index (χ4n) is 1.14. The predicted octanol–water partition coefficient (Wildman–Crippen LogP) is 2.63. The lowest BCUT2D eigenvalue weighted by molar-refractivity contribution is 0.685. The molecule has 1 heterocycles. The zero-order chi connectivity index (χ0) is 9.97. The monoisotopic (exact) mass is 227 g/mol. The van der Waals surface area contributed by atoms with Gasteiger partial charge in [0.25, 0.3) is 0 Å². The van der Waals surface area contributed by atoms with Gasteiger partial charge >= 0.3 is 0 Å². The number of rotatable bonds is 2. The minimum Gasteiger partial charge on any atom is -0.249 e. The van der Waals surface area contributed by atoms with Gasteiger partial charge in [0.15, 0.2) is 0 Å². The van der Waals surface area contributed by atoms with Crippen molar-refractivity contribution in [2.75, 3.05) is 0 Å². The van der Waals surface area contributed by atoms with Crippen LogP contribution in [0.25, 0.3) is 0 Å². The molecule has 3 nitrogen and oxygen atoms in total. The van der Waals surface area contributed by atoms with E-state index in [1.165, 1.54) is 6.33 Å². The van der Waals surface area contributed by atoms with Gasteiger partial charge in [-0.05, 0) is 17.7 Å². The van der Waals surface area contributed by atoms with Crippen molar-refractivity contribution >= 4 is 23.2 Å². The molecule has 72 valence electrons. The summed E-state index contributed by atoms with van der Waals surface area (Å²) in [5.41, 5.74) is 1.05. The van der Waals surface area contributed by atoms with E-state index in [1.807, 2.05) is 12.1 Å². The van der Waals surface area contributed by atoms with Crippen molar-refractivity contribution in [2.24, 2.45) is 0 Å². The zero-order valence-electron chi connectivity index (χ0n) is 7.19. The summed E-state index contributed by atoms with van der Waals surface area (Å²) in [4.78, 5) is 3.85. The van der Waals surface area contributed by atoms with Crippen molar-refractivity contribution in [3.63, 3.8) is 0 Å². The number of benzene rings is 1. The summed E-state index contributed by atoms with van der Waals surface area (Å²) in [5.74, 6) is 0. The summed E-state index contributed by atoms with van der Waals surface area (Å²) in [5, 5.41) is 5.12. The van der Waals surface area contributed by atoms with E-state index >= 15 is 0 Å². The third-order valence-corrected chi connectivity index (χ3v) is 2.53. The van der Waals surface area contributed by atoms with E-state index in [2.05, 4.69) is 10.1 Å². The van der Waals surface area contributed by atoms with Crippen molar-refractivity contribution in [3.8, 4) is 0 Å². The van der Waals surface area contributed by atoms with Crippen LogP contribution in [0.4, 0.5) is 0 Å². The molecule has 0 amide bonds. The zero-order valence-corrected chi connectivity index (χ0v) is 8.70. The molecule has 0 aliphatic heterocycles. The quantitative estimate of drug-likeness (QED) is 0.790. The molecule has 0 saturated carbocycles. The van der Waals surface area contributed by atoms with Crippen LogP contribution in [0.15, 0.2) is 30.9 Å². The molecule has 2 rings (SSSR count). The molecule has 0 radical (unpaired) electrons. The van der Waals surface area contributed by atoms with Gasteiger partial charge < -0.3 is 0 Å². The molecule has 0 aliphatic rings. The second kappa shape index (κ2) is 3.98. The SMILES string of the molecule is Clc1ccc(Cn2cncn2)cc1Cl. The van der Waals surface area contributed by atoms with Gasteiger partial charge in [-0.3, -0.25) is 0 Å². The Bertz CT molecular complexity index is 426. The summed E-state index contributed by atoms with van der Waals surface area (Å²) in [6.07, 6.45) is 3.15. The lowest BCUT2D eigenvalue weighted by Crippen LogP contribution is -1.99. The maximum Gasteiger partial charge on any atom is 0.137 e. The van der Waals surface area contributed by atoms with Gasteiger partial charge in [-0.15, -0.1) is 0 Å². The van der Waals surface area contributed by atoms with Gasteiger partial charge in [-0.1, -0.05) is 29.3 Å². The summed E-state index contributed by atoms with van der Waals surface area (Å²) >= 11 is 11.7. The smallest absolute Gasteiger partial charge is 0.137 e. The Hall–Kier alpha value is -1.06. The topological polar surface area (TPSA) is 30.7 Å². The molecular formula is C9H7Cl2N3. The van der Waals surface area contributed by atoms with Crippen LogP contribution in [-0.4, -0.2) is 14.8 Å². The number of hydrogen-bond acceptors (Lipinski definition) is 2. The molecule has 0 bridgehead atoms. The standard InChI is InChI=1S/C9H7Cl2N3/c10-8-2-1-7(3-9(8)11)4-14-6-12-5-13-14/h1-3,5-6H,4H2. The van der Waals surface area contributed by atoms with E-state index in [-0.39, 0.29) is 0 Å². The van der Waals surface area contributed by atoms with Gasteiger partial charge in [-0.2, -0.15) is 5.10 Å². The number of hydrogen-bond donors (Lipinski definition) is 0. The van der Waals surface area contributed by atoms with Crippen molar-refractivity contribution < 1.29 is 0 Å². The maximum atomic E-state index is 5.88. The van der Waals surface area contributed by atoms with E-state index in [4.69, 9.17) is 23.2 Å². The molecule has 2 aromatic rings. The molecule has 1 aromatic heterocycles.